The van der Waals surface area contributed by atoms with E-state index in [0.29, 0.717) is 16.9 Å². The summed E-state index contributed by atoms with van der Waals surface area (Å²) < 4.78 is 5.19. The topological polar surface area (TPSA) is 63.6 Å². The third-order valence-corrected chi connectivity index (χ3v) is 4.28. The van der Waals surface area contributed by atoms with E-state index in [1.165, 1.54) is 0 Å². The SMILES string of the molecule is C#Cc1ccccc1.C=C(OC(=O)c1ccccc1)c1ccccc1.O=C(O)c1ccccc1. The van der Waals surface area contributed by atoms with E-state index in [-0.39, 0.29) is 5.97 Å². The Balaban J connectivity index is 0.000000201. The van der Waals surface area contributed by atoms with Crippen molar-refractivity contribution < 1.29 is 19.4 Å². The molecule has 0 aliphatic carbocycles. The number of carboxylic acids is 1. The van der Waals surface area contributed by atoms with E-state index in [0.717, 1.165) is 11.1 Å². The van der Waals surface area contributed by atoms with Crippen LogP contribution in [0.5, 0.6) is 0 Å². The zero-order valence-electron chi connectivity index (χ0n) is 18.5. The zero-order chi connectivity index (χ0) is 24.6. The highest BCUT2D eigenvalue weighted by atomic mass is 16.5. The minimum atomic E-state index is -0.879. The summed E-state index contributed by atoms with van der Waals surface area (Å²) in [4.78, 5) is 21.9. The molecule has 4 nitrogen and oxygen atoms in total. The molecule has 0 atom stereocenters. The van der Waals surface area contributed by atoms with Crippen LogP contribution in [0, 0.1) is 12.3 Å². The molecular weight excluding hydrogens is 424 g/mol. The number of rotatable bonds is 4. The Morgan fingerprint density at radius 2 is 1.03 bits per heavy atom. The van der Waals surface area contributed by atoms with Gasteiger partial charge in [-0.15, -0.1) is 6.42 Å². The van der Waals surface area contributed by atoms with Gasteiger partial charge >= 0.3 is 11.9 Å². The summed E-state index contributed by atoms with van der Waals surface area (Å²) in [5, 5.41) is 8.38. The average molecular weight is 449 g/mol. The Bertz CT molecular complexity index is 1160. The van der Waals surface area contributed by atoms with E-state index in [4.69, 9.17) is 16.3 Å². The van der Waals surface area contributed by atoms with Crippen molar-refractivity contribution in [1.82, 2.24) is 0 Å². The highest BCUT2D eigenvalue weighted by Gasteiger charge is 2.09. The number of ether oxygens (including phenoxy) is 1. The number of carbonyl (C=O) groups excluding carboxylic acids is 1. The summed E-state index contributed by atoms with van der Waals surface area (Å²) in [5.41, 5.74) is 2.59. The number of hydrogen-bond acceptors (Lipinski definition) is 3. The molecule has 4 aromatic rings. The van der Waals surface area contributed by atoms with Crippen LogP contribution in [0.1, 0.15) is 31.8 Å². The van der Waals surface area contributed by atoms with Gasteiger partial charge in [0.1, 0.15) is 5.76 Å². The Hall–Kier alpha value is -4.88. The van der Waals surface area contributed by atoms with Crippen molar-refractivity contribution in [2.24, 2.45) is 0 Å². The summed E-state index contributed by atoms with van der Waals surface area (Å²) in [7, 11) is 0. The zero-order valence-corrected chi connectivity index (χ0v) is 18.5. The van der Waals surface area contributed by atoms with Crippen molar-refractivity contribution in [1.29, 1.82) is 0 Å². The maximum Gasteiger partial charge on any atom is 0.343 e. The van der Waals surface area contributed by atoms with Crippen LogP contribution in [0.4, 0.5) is 0 Å². The molecule has 0 amide bonds. The number of carboxylic acid groups (broad SMARTS) is 1. The maximum atomic E-state index is 11.7. The quantitative estimate of drug-likeness (QED) is 0.218. The third kappa shape index (κ3) is 9.09. The minimum absolute atomic E-state index is 0.331. The van der Waals surface area contributed by atoms with Crippen LogP contribution in [0.3, 0.4) is 0 Å². The van der Waals surface area contributed by atoms with Crippen molar-refractivity contribution in [3.63, 3.8) is 0 Å². The molecule has 4 aromatic carbocycles. The van der Waals surface area contributed by atoms with E-state index < -0.39 is 5.97 Å². The van der Waals surface area contributed by atoms with Crippen molar-refractivity contribution in [2.45, 2.75) is 0 Å². The summed E-state index contributed by atoms with van der Waals surface area (Å²) >= 11 is 0. The second kappa shape index (κ2) is 14.2. The van der Waals surface area contributed by atoms with Crippen LogP contribution in [0.15, 0.2) is 128 Å². The summed E-state index contributed by atoms with van der Waals surface area (Å²) in [6.45, 7) is 3.75. The van der Waals surface area contributed by atoms with Gasteiger partial charge in [-0.2, -0.15) is 0 Å². The van der Waals surface area contributed by atoms with Crippen LogP contribution in [-0.4, -0.2) is 17.0 Å². The molecule has 0 aromatic heterocycles. The average Bonchev–Trinajstić information content (AvgIpc) is 2.91. The van der Waals surface area contributed by atoms with Crippen molar-refractivity contribution >= 4 is 17.7 Å². The van der Waals surface area contributed by atoms with Gasteiger partial charge in [0, 0.05) is 11.1 Å². The third-order valence-electron chi connectivity index (χ3n) is 4.28. The molecule has 0 radical (unpaired) electrons. The van der Waals surface area contributed by atoms with Crippen molar-refractivity contribution in [3.05, 3.63) is 150 Å². The molecular formula is C30H24O4. The lowest BCUT2D eigenvalue weighted by atomic mass is 10.2. The fourth-order valence-corrected chi connectivity index (χ4v) is 2.54. The molecule has 0 spiro atoms. The highest BCUT2D eigenvalue weighted by molar-refractivity contribution is 5.92. The number of hydrogen-bond donors (Lipinski definition) is 1. The van der Waals surface area contributed by atoms with Crippen LogP contribution >= 0.6 is 0 Å². The summed E-state index contributed by atoms with van der Waals surface area (Å²) in [5.74, 6) is 1.62. The van der Waals surface area contributed by atoms with Crippen LogP contribution in [0.25, 0.3) is 5.76 Å². The van der Waals surface area contributed by atoms with Crippen molar-refractivity contribution in [3.8, 4) is 12.3 Å². The molecule has 0 saturated heterocycles. The molecule has 1 N–H and O–H groups in total. The molecule has 4 rings (SSSR count). The van der Waals surface area contributed by atoms with E-state index >= 15 is 0 Å². The lowest BCUT2D eigenvalue weighted by Crippen LogP contribution is -2.03. The smallest absolute Gasteiger partial charge is 0.343 e. The molecule has 168 valence electrons. The largest absolute Gasteiger partial charge is 0.478 e. The van der Waals surface area contributed by atoms with Gasteiger partial charge in [-0.3, -0.25) is 0 Å². The van der Waals surface area contributed by atoms with Gasteiger partial charge in [-0.1, -0.05) is 97.4 Å². The van der Waals surface area contributed by atoms with Gasteiger partial charge < -0.3 is 9.84 Å². The monoisotopic (exact) mass is 448 g/mol. The summed E-state index contributed by atoms with van der Waals surface area (Å²) in [6, 6.07) is 36.1. The van der Waals surface area contributed by atoms with Gasteiger partial charge in [0.15, 0.2) is 0 Å². The predicted octanol–water partition coefficient (Wildman–Crippen LogP) is 6.57. The van der Waals surface area contributed by atoms with E-state index in [1.54, 1.807) is 54.6 Å². The molecule has 0 unspecified atom stereocenters. The molecule has 34 heavy (non-hydrogen) atoms. The molecule has 0 fully saturated rings. The summed E-state index contributed by atoms with van der Waals surface area (Å²) in [6.07, 6.45) is 5.10. The fraction of sp³-hybridized carbons (Fsp3) is 0. The Morgan fingerprint density at radius 1 is 0.647 bits per heavy atom. The Labute approximate surface area is 199 Å². The van der Waals surface area contributed by atoms with E-state index in [1.807, 2.05) is 66.7 Å². The number of terminal acetylenes is 1. The molecule has 0 aliphatic rings. The van der Waals surface area contributed by atoms with Gasteiger partial charge in [0.05, 0.1) is 11.1 Å². The second-order valence-electron chi connectivity index (χ2n) is 6.73. The minimum Gasteiger partial charge on any atom is -0.478 e. The normalized spacial score (nSPS) is 9.03. The molecule has 4 heteroatoms. The second-order valence-corrected chi connectivity index (χ2v) is 6.73. The Kier molecular flexibility index (Phi) is 10.6. The number of carbonyl (C=O) groups is 2. The van der Waals surface area contributed by atoms with E-state index in [9.17, 15) is 9.59 Å². The highest BCUT2D eigenvalue weighted by Crippen LogP contribution is 2.15. The van der Waals surface area contributed by atoms with Crippen LogP contribution in [0.2, 0.25) is 0 Å². The van der Waals surface area contributed by atoms with Gasteiger partial charge in [0.25, 0.3) is 0 Å². The molecule has 0 heterocycles. The van der Waals surface area contributed by atoms with Gasteiger partial charge in [0.2, 0.25) is 0 Å². The first-order valence-electron chi connectivity index (χ1n) is 10.3. The van der Waals surface area contributed by atoms with E-state index in [2.05, 4.69) is 12.5 Å². The molecule has 0 bridgehead atoms. The molecule has 0 aliphatic heterocycles. The van der Waals surface area contributed by atoms with Gasteiger partial charge in [-0.25, -0.2) is 9.59 Å². The standard InChI is InChI=1S/C15H12O2.C8H6.C7H6O2/c1-12(13-8-4-2-5-9-13)17-15(16)14-10-6-3-7-11-14;1-2-8-6-4-3-5-7-8;8-7(9)6-4-2-1-3-5-6/h2-11H,1H2;1,3-7H;1-5H,(H,8,9). The number of esters is 1. The number of benzene rings is 4. The number of aromatic carboxylic acids is 1. The Morgan fingerprint density at radius 3 is 1.38 bits per heavy atom. The van der Waals surface area contributed by atoms with Crippen molar-refractivity contribution in [2.75, 3.05) is 0 Å². The lowest BCUT2D eigenvalue weighted by molar-refractivity contribution is 0.0684. The van der Waals surface area contributed by atoms with Gasteiger partial charge in [-0.05, 0) is 36.4 Å². The predicted molar refractivity (Wildman–Crippen MR) is 135 cm³/mol. The first-order valence-corrected chi connectivity index (χ1v) is 10.3. The molecule has 0 saturated carbocycles. The van der Waals surface area contributed by atoms with Crippen LogP contribution in [-0.2, 0) is 4.74 Å². The maximum absolute atomic E-state index is 11.7. The van der Waals surface area contributed by atoms with Crippen LogP contribution < -0.4 is 0 Å². The lowest BCUT2D eigenvalue weighted by Gasteiger charge is -2.07. The fourth-order valence-electron chi connectivity index (χ4n) is 2.54. The first-order chi connectivity index (χ1) is 16.5. The first kappa shape index (κ1) is 25.4.